The summed E-state index contributed by atoms with van der Waals surface area (Å²) in [5.41, 5.74) is 4.90. The van der Waals surface area contributed by atoms with Gasteiger partial charge in [-0.05, 0) is 59.6 Å². The van der Waals surface area contributed by atoms with Crippen molar-refractivity contribution in [1.29, 1.82) is 0 Å². The molecule has 10 rings (SSSR count). The molecule has 3 aromatic heterocycles. The molecule has 0 amide bonds. The van der Waals surface area contributed by atoms with Gasteiger partial charge in [0.2, 0.25) is 0 Å². The lowest BCUT2D eigenvalue weighted by Gasteiger charge is -2.12. The number of nitrogens with zero attached hydrogens (tertiary/aromatic N) is 4. The minimum absolute atomic E-state index is 0.0745. The monoisotopic (exact) mass is 649 g/mol. The molecular weight excluding hydrogens is 613 g/mol. The Balaban J connectivity index is 1.22. The van der Waals surface area contributed by atoms with E-state index in [2.05, 4.69) is 0 Å². The van der Waals surface area contributed by atoms with Crippen LogP contribution in [0.15, 0.2) is 174 Å². The molecule has 0 fully saturated rings. The van der Waals surface area contributed by atoms with Crippen molar-refractivity contribution >= 4 is 43.7 Å². The van der Waals surface area contributed by atoms with Gasteiger partial charge in [-0.1, -0.05) is 121 Å². The summed E-state index contributed by atoms with van der Waals surface area (Å²) in [6.45, 7) is 0. The van der Waals surface area contributed by atoms with Crippen LogP contribution in [0, 0.1) is 0 Å². The SMILES string of the molecule is [2H]c1c([2H])c([2H])c(-c2cccc3c2c2c([2H])c([2H])c([2H])c([2H])c2n3-c2cccc(-c3nc(-c4ccccc4)nc(-c4ccc5oc6ccccc6c5c4)n3)c2)c([2H])c1[2H]. The fourth-order valence-electron chi connectivity index (χ4n) is 6.63. The molecule has 0 aliphatic heterocycles. The molecule has 0 aliphatic carbocycles. The van der Waals surface area contributed by atoms with Gasteiger partial charge in [0, 0.05) is 43.9 Å². The van der Waals surface area contributed by atoms with Crippen molar-refractivity contribution in [2.75, 3.05) is 0 Å². The standard InChI is InChI=1S/C45H28N4O/c1-3-13-29(14-4-1)34-21-12-23-39-42(34)36-20-7-9-22-38(36)49(39)33-18-11-17-31(27-33)44-46-43(30-15-5-2-6-16-30)47-45(48-44)32-25-26-41-37(28-32)35-19-8-10-24-40(35)50-41/h1-28H/i1D,3D,4D,7D,9D,13D,14D,20D,22D. The van der Waals surface area contributed by atoms with Crippen LogP contribution in [0.4, 0.5) is 0 Å². The van der Waals surface area contributed by atoms with E-state index >= 15 is 0 Å². The van der Waals surface area contributed by atoms with Crippen LogP contribution in [0.2, 0.25) is 0 Å². The Morgan fingerprint density at radius 2 is 1.14 bits per heavy atom. The van der Waals surface area contributed by atoms with E-state index < -0.39 is 42.3 Å². The third-order valence-corrected chi connectivity index (χ3v) is 8.86. The molecule has 234 valence electrons. The van der Waals surface area contributed by atoms with Crippen LogP contribution in [-0.2, 0) is 0 Å². The molecule has 5 nitrogen and oxygen atoms in total. The Kier molecular flexibility index (Phi) is 4.67. The minimum Gasteiger partial charge on any atom is -0.456 e. The van der Waals surface area contributed by atoms with Crippen LogP contribution in [0.5, 0.6) is 0 Å². The molecule has 10 aromatic rings. The topological polar surface area (TPSA) is 56.7 Å². The lowest BCUT2D eigenvalue weighted by atomic mass is 9.99. The van der Waals surface area contributed by atoms with E-state index in [0.717, 1.165) is 33.1 Å². The molecule has 0 unspecified atom stereocenters. The molecule has 50 heavy (non-hydrogen) atoms. The van der Waals surface area contributed by atoms with Gasteiger partial charge in [0.25, 0.3) is 0 Å². The summed E-state index contributed by atoms with van der Waals surface area (Å²) < 4.78 is 85.9. The number of benzene rings is 7. The van der Waals surface area contributed by atoms with Crippen molar-refractivity contribution in [1.82, 2.24) is 19.5 Å². The highest BCUT2D eigenvalue weighted by Crippen LogP contribution is 2.39. The molecule has 0 atom stereocenters. The van der Waals surface area contributed by atoms with Gasteiger partial charge in [0.05, 0.1) is 23.4 Å². The number of fused-ring (bicyclic) bond motifs is 6. The van der Waals surface area contributed by atoms with E-state index in [9.17, 15) is 0 Å². The third kappa shape index (κ3) is 4.60. The van der Waals surface area contributed by atoms with Gasteiger partial charge >= 0.3 is 0 Å². The van der Waals surface area contributed by atoms with Crippen molar-refractivity contribution in [2.24, 2.45) is 0 Å². The maximum Gasteiger partial charge on any atom is 0.164 e. The van der Waals surface area contributed by atoms with Gasteiger partial charge in [-0.25, -0.2) is 15.0 Å². The lowest BCUT2D eigenvalue weighted by molar-refractivity contribution is 0.669. The Hall–Kier alpha value is -6.85. The van der Waals surface area contributed by atoms with Gasteiger partial charge in [0.1, 0.15) is 11.2 Å². The second-order valence-electron chi connectivity index (χ2n) is 11.8. The van der Waals surface area contributed by atoms with Gasteiger partial charge in [-0.15, -0.1) is 0 Å². The summed E-state index contributed by atoms with van der Waals surface area (Å²) in [6, 6.07) is 31.6. The van der Waals surface area contributed by atoms with E-state index in [1.165, 1.54) is 0 Å². The fraction of sp³-hybridized carbons (Fsp3) is 0. The second kappa shape index (κ2) is 11.4. The minimum atomic E-state index is -0.537. The van der Waals surface area contributed by atoms with Crippen LogP contribution in [0.25, 0.3) is 94.7 Å². The molecule has 7 aromatic carbocycles. The van der Waals surface area contributed by atoms with Crippen LogP contribution in [-0.4, -0.2) is 19.5 Å². The molecule has 0 saturated heterocycles. The zero-order chi connectivity index (χ0) is 40.9. The molecule has 0 saturated carbocycles. The highest BCUT2D eigenvalue weighted by molar-refractivity contribution is 6.15. The Morgan fingerprint density at radius 3 is 2.00 bits per heavy atom. The molecule has 0 spiro atoms. The van der Waals surface area contributed by atoms with Gasteiger partial charge in [-0.3, -0.25) is 0 Å². The molecular formula is C45H28N4O. The Morgan fingerprint density at radius 1 is 0.460 bits per heavy atom. The Bertz CT molecular complexity index is 3370. The summed E-state index contributed by atoms with van der Waals surface area (Å²) in [5, 5.41) is 2.35. The zero-order valence-electron chi connectivity index (χ0n) is 35.2. The van der Waals surface area contributed by atoms with Crippen molar-refractivity contribution in [2.45, 2.75) is 0 Å². The largest absolute Gasteiger partial charge is 0.456 e. The number of aromatic nitrogens is 4. The number of hydrogen-bond acceptors (Lipinski definition) is 4. The number of para-hydroxylation sites is 2. The highest BCUT2D eigenvalue weighted by Gasteiger charge is 2.18. The first-order valence-electron chi connectivity index (χ1n) is 20.5. The van der Waals surface area contributed by atoms with Crippen molar-refractivity contribution in [3.05, 3.63) is 170 Å². The highest BCUT2D eigenvalue weighted by atomic mass is 16.3. The molecule has 5 heteroatoms. The van der Waals surface area contributed by atoms with Crippen LogP contribution >= 0.6 is 0 Å². The average Bonchev–Trinajstić information content (AvgIpc) is 3.83. The molecule has 0 aliphatic rings. The maximum atomic E-state index is 9.15. The van der Waals surface area contributed by atoms with E-state index in [1.807, 2.05) is 91.0 Å². The summed E-state index contributed by atoms with van der Waals surface area (Å²) in [7, 11) is 0. The first-order chi connectivity index (χ1) is 28.5. The second-order valence-corrected chi connectivity index (χ2v) is 11.8. The maximum absolute atomic E-state index is 9.15. The van der Waals surface area contributed by atoms with Crippen molar-refractivity contribution in [3.63, 3.8) is 0 Å². The van der Waals surface area contributed by atoms with Gasteiger partial charge in [-0.2, -0.15) is 0 Å². The lowest BCUT2D eigenvalue weighted by Crippen LogP contribution is -2.01. The molecule has 0 N–H and O–H groups in total. The first-order valence-corrected chi connectivity index (χ1v) is 16.0. The van der Waals surface area contributed by atoms with Gasteiger partial charge < -0.3 is 8.98 Å². The van der Waals surface area contributed by atoms with E-state index in [0.29, 0.717) is 39.6 Å². The molecule has 0 radical (unpaired) electrons. The fourth-order valence-corrected chi connectivity index (χ4v) is 6.63. The average molecular weight is 650 g/mol. The van der Waals surface area contributed by atoms with Crippen LogP contribution in [0.1, 0.15) is 12.3 Å². The third-order valence-electron chi connectivity index (χ3n) is 8.86. The summed E-state index contributed by atoms with van der Waals surface area (Å²) in [4.78, 5) is 14.9. The van der Waals surface area contributed by atoms with Crippen molar-refractivity contribution < 1.29 is 16.8 Å². The van der Waals surface area contributed by atoms with Crippen LogP contribution in [0.3, 0.4) is 0 Å². The van der Waals surface area contributed by atoms with E-state index in [4.69, 9.17) is 31.7 Å². The normalized spacial score (nSPS) is 14.1. The number of rotatable bonds is 5. The van der Waals surface area contributed by atoms with E-state index in [-0.39, 0.29) is 34.1 Å². The predicted molar refractivity (Wildman–Crippen MR) is 203 cm³/mol. The Labute approximate surface area is 300 Å². The smallest absolute Gasteiger partial charge is 0.164 e. The quantitative estimate of drug-likeness (QED) is 0.186. The molecule has 3 heterocycles. The summed E-state index contributed by atoms with van der Waals surface area (Å²) in [5.74, 6) is 1.23. The van der Waals surface area contributed by atoms with E-state index in [1.54, 1.807) is 28.8 Å². The first kappa shape index (κ1) is 20.5. The van der Waals surface area contributed by atoms with Gasteiger partial charge in [0.15, 0.2) is 17.5 Å². The number of hydrogen-bond donors (Lipinski definition) is 0. The number of furan rings is 1. The molecule has 0 bridgehead atoms. The predicted octanol–water partition coefficient (Wildman–Crippen LogP) is 11.5. The van der Waals surface area contributed by atoms with Crippen molar-refractivity contribution in [3.8, 4) is 51.0 Å². The van der Waals surface area contributed by atoms with Crippen LogP contribution < -0.4 is 0 Å². The summed E-state index contributed by atoms with van der Waals surface area (Å²) >= 11 is 0. The summed E-state index contributed by atoms with van der Waals surface area (Å²) in [6.07, 6.45) is 0. The zero-order valence-corrected chi connectivity index (χ0v) is 26.2.